The van der Waals surface area contributed by atoms with Crippen LogP contribution in [0.1, 0.15) is 31.5 Å². The number of carbonyl (C=O) groups is 2. The van der Waals surface area contributed by atoms with Crippen molar-refractivity contribution in [3.8, 4) is 0 Å². The van der Waals surface area contributed by atoms with Crippen LogP contribution in [0.3, 0.4) is 0 Å². The molecule has 0 fully saturated rings. The van der Waals surface area contributed by atoms with Gasteiger partial charge < -0.3 is 14.4 Å². The SMILES string of the molecule is COC(=O)[C@H](Cc1cncn1Cc1cc(Cl)cc(Cl)c1)N[C@H](CC(C)C)C(=O)O. The number of esters is 1. The van der Waals surface area contributed by atoms with Gasteiger partial charge in [0.2, 0.25) is 0 Å². The summed E-state index contributed by atoms with van der Waals surface area (Å²) in [4.78, 5) is 28.1. The lowest BCUT2D eigenvalue weighted by Crippen LogP contribution is -2.49. The zero-order valence-electron chi connectivity index (χ0n) is 16.6. The molecule has 1 aromatic heterocycles. The number of benzene rings is 1. The minimum atomic E-state index is -1.00. The summed E-state index contributed by atoms with van der Waals surface area (Å²) in [6.45, 7) is 4.31. The molecule has 1 heterocycles. The molecule has 7 nitrogen and oxygen atoms in total. The van der Waals surface area contributed by atoms with Crippen LogP contribution >= 0.6 is 23.2 Å². The molecule has 29 heavy (non-hydrogen) atoms. The van der Waals surface area contributed by atoms with Crippen molar-refractivity contribution in [2.75, 3.05) is 7.11 Å². The predicted octanol–water partition coefficient (Wildman–Crippen LogP) is 3.41. The summed E-state index contributed by atoms with van der Waals surface area (Å²) in [5.41, 5.74) is 1.63. The lowest BCUT2D eigenvalue weighted by Gasteiger charge is -2.23. The quantitative estimate of drug-likeness (QED) is 0.548. The molecule has 0 bridgehead atoms. The number of hydrogen-bond donors (Lipinski definition) is 2. The van der Waals surface area contributed by atoms with Gasteiger partial charge in [0.25, 0.3) is 0 Å². The first-order valence-electron chi connectivity index (χ1n) is 9.20. The zero-order chi connectivity index (χ0) is 21.6. The van der Waals surface area contributed by atoms with Crippen molar-refractivity contribution in [2.24, 2.45) is 5.92 Å². The Bertz CT molecular complexity index is 834. The molecular formula is C20H25Cl2N3O4. The number of carbonyl (C=O) groups excluding carboxylic acids is 1. The van der Waals surface area contributed by atoms with Gasteiger partial charge in [-0.1, -0.05) is 37.0 Å². The second-order valence-electron chi connectivity index (χ2n) is 7.26. The molecule has 0 radical (unpaired) electrons. The molecule has 0 aliphatic carbocycles. The first-order valence-corrected chi connectivity index (χ1v) is 9.95. The third-order valence-electron chi connectivity index (χ3n) is 4.38. The Labute approximate surface area is 180 Å². The lowest BCUT2D eigenvalue weighted by molar-refractivity contribution is -0.145. The van der Waals surface area contributed by atoms with Crippen LogP contribution in [0.5, 0.6) is 0 Å². The smallest absolute Gasteiger partial charge is 0.323 e. The molecule has 0 amide bonds. The topological polar surface area (TPSA) is 93.5 Å². The van der Waals surface area contributed by atoms with Gasteiger partial charge in [0.1, 0.15) is 12.1 Å². The van der Waals surface area contributed by atoms with E-state index < -0.39 is 24.0 Å². The van der Waals surface area contributed by atoms with E-state index in [0.29, 0.717) is 23.0 Å². The molecule has 1 aromatic carbocycles. The summed E-state index contributed by atoms with van der Waals surface area (Å²) in [5, 5.41) is 13.5. The number of carboxylic acids is 1. The molecule has 158 valence electrons. The van der Waals surface area contributed by atoms with Gasteiger partial charge in [0.15, 0.2) is 0 Å². The first kappa shape index (κ1) is 23.2. The number of rotatable bonds is 10. The fourth-order valence-electron chi connectivity index (χ4n) is 3.08. The zero-order valence-corrected chi connectivity index (χ0v) is 18.1. The molecule has 2 rings (SSSR count). The standard InChI is InChI=1S/C20H25Cl2N3O4/c1-12(2)4-17(19(26)27)24-18(20(28)29-3)8-16-9-23-11-25(16)10-13-5-14(21)7-15(22)6-13/h5-7,9,11-12,17-18,24H,4,8,10H2,1-3H3,(H,26,27)/t17-,18+/m1/s1. The molecular weight excluding hydrogens is 417 g/mol. The number of halogens is 2. The highest BCUT2D eigenvalue weighted by Crippen LogP contribution is 2.20. The number of aliphatic carboxylic acids is 1. The van der Waals surface area contributed by atoms with Crippen LogP contribution in [0.2, 0.25) is 10.0 Å². The van der Waals surface area contributed by atoms with Crippen LogP contribution in [0, 0.1) is 5.92 Å². The molecule has 0 aliphatic rings. The van der Waals surface area contributed by atoms with Gasteiger partial charge in [-0.05, 0) is 36.1 Å². The Hall–Kier alpha value is -2.09. The summed E-state index contributed by atoms with van der Waals surface area (Å²) < 4.78 is 6.74. The van der Waals surface area contributed by atoms with E-state index in [1.165, 1.54) is 7.11 Å². The Balaban J connectivity index is 2.20. The number of carboxylic acid groups (broad SMARTS) is 1. The van der Waals surface area contributed by atoms with E-state index in [9.17, 15) is 14.7 Å². The fourth-order valence-corrected chi connectivity index (χ4v) is 3.65. The minimum Gasteiger partial charge on any atom is -0.480 e. The van der Waals surface area contributed by atoms with Gasteiger partial charge in [-0.3, -0.25) is 14.9 Å². The van der Waals surface area contributed by atoms with Crippen molar-refractivity contribution in [1.82, 2.24) is 14.9 Å². The number of hydrogen-bond acceptors (Lipinski definition) is 5. The minimum absolute atomic E-state index is 0.153. The van der Waals surface area contributed by atoms with Gasteiger partial charge in [-0.25, -0.2) is 4.98 Å². The summed E-state index contributed by atoms with van der Waals surface area (Å²) >= 11 is 12.1. The van der Waals surface area contributed by atoms with E-state index >= 15 is 0 Å². The van der Waals surface area contributed by atoms with Crippen molar-refractivity contribution in [3.05, 3.63) is 52.0 Å². The molecule has 0 saturated carbocycles. The average molecular weight is 442 g/mol. The van der Waals surface area contributed by atoms with Crippen molar-refractivity contribution in [2.45, 2.75) is 45.3 Å². The Morgan fingerprint density at radius 2 is 1.86 bits per heavy atom. The van der Waals surface area contributed by atoms with Crippen LogP contribution in [0.4, 0.5) is 0 Å². The van der Waals surface area contributed by atoms with Crippen LogP contribution in [-0.4, -0.2) is 45.8 Å². The second kappa shape index (κ2) is 10.6. The average Bonchev–Trinajstić information content (AvgIpc) is 3.05. The van der Waals surface area contributed by atoms with Crippen molar-refractivity contribution in [1.29, 1.82) is 0 Å². The van der Waals surface area contributed by atoms with E-state index in [1.807, 2.05) is 18.4 Å². The third-order valence-corrected chi connectivity index (χ3v) is 4.82. The first-order chi connectivity index (χ1) is 13.7. The van der Waals surface area contributed by atoms with E-state index in [1.54, 1.807) is 30.7 Å². The second-order valence-corrected chi connectivity index (χ2v) is 8.13. The molecule has 0 aliphatic heterocycles. The highest BCUT2D eigenvalue weighted by Gasteiger charge is 2.28. The number of nitrogens with one attached hydrogen (secondary N) is 1. The number of aromatic nitrogens is 2. The number of methoxy groups -OCH3 is 1. The monoisotopic (exact) mass is 441 g/mol. The van der Waals surface area contributed by atoms with E-state index in [-0.39, 0.29) is 12.3 Å². The molecule has 2 atom stereocenters. The van der Waals surface area contributed by atoms with Crippen LogP contribution in [0.15, 0.2) is 30.7 Å². The van der Waals surface area contributed by atoms with E-state index in [2.05, 4.69) is 10.3 Å². The normalized spacial score (nSPS) is 13.3. The molecule has 0 saturated heterocycles. The van der Waals surface area contributed by atoms with E-state index in [0.717, 1.165) is 11.3 Å². The van der Waals surface area contributed by atoms with Gasteiger partial charge >= 0.3 is 11.9 Å². The largest absolute Gasteiger partial charge is 0.480 e. The molecule has 2 aromatic rings. The summed E-state index contributed by atoms with van der Waals surface area (Å²) in [6.07, 6.45) is 3.90. The predicted molar refractivity (Wildman–Crippen MR) is 111 cm³/mol. The van der Waals surface area contributed by atoms with Crippen molar-refractivity contribution < 1.29 is 19.4 Å². The number of imidazole rings is 1. The summed E-state index contributed by atoms with van der Waals surface area (Å²) in [5.74, 6) is -1.38. The van der Waals surface area contributed by atoms with Crippen LogP contribution in [0.25, 0.3) is 0 Å². The number of ether oxygens (including phenoxy) is 1. The maximum absolute atomic E-state index is 12.3. The Morgan fingerprint density at radius 3 is 2.41 bits per heavy atom. The third kappa shape index (κ3) is 7.03. The molecule has 0 unspecified atom stereocenters. The van der Waals surface area contributed by atoms with E-state index in [4.69, 9.17) is 27.9 Å². The van der Waals surface area contributed by atoms with Gasteiger partial charge in [-0.15, -0.1) is 0 Å². The highest BCUT2D eigenvalue weighted by molar-refractivity contribution is 6.34. The molecule has 2 N–H and O–H groups in total. The summed E-state index contributed by atoms with van der Waals surface area (Å²) in [7, 11) is 1.28. The highest BCUT2D eigenvalue weighted by atomic mass is 35.5. The summed E-state index contributed by atoms with van der Waals surface area (Å²) in [6, 6.07) is 3.58. The maximum Gasteiger partial charge on any atom is 0.323 e. The van der Waals surface area contributed by atoms with Gasteiger partial charge in [-0.2, -0.15) is 0 Å². The fraction of sp³-hybridized carbons (Fsp3) is 0.450. The molecule has 0 spiro atoms. The lowest BCUT2D eigenvalue weighted by atomic mass is 10.0. The number of nitrogens with zero attached hydrogens (tertiary/aromatic N) is 2. The van der Waals surface area contributed by atoms with Crippen LogP contribution < -0.4 is 5.32 Å². The Morgan fingerprint density at radius 1 is 1.21 bits per heavy atom. The maximum atomic E-state index is 12.3. The van der Waals surface area contributed by atoms with Gasteiger partial charge in [0.05, 0.1) is 13.4 Å². The Kier molecular flexibility index (Phi) is 8.49. The van der Waals surface area contributed by atoms with Crippen molar-refractivity contribution >= 4 is 35.1 Å². The van der Waals surface area contributed by atoms with Crippen molar-refractivity contribution in [3.63, 3.8) is 0 Å². The van der Waals surface area contributed by atoms with Gasteiger partial charge in [0, 0.05) is 34.9 Å². The molecule has 9 heteroatoms. The van der Waals surface area contributed by atoms with Crippen LogP contribution in [-0.2, 0) is 27.3 Å².